The number of likely N-dealkylation sites (N-methyl/N-ethyl adjacent to an activating group) is 1. The van der Waals surface area contributed by atoms with Gasteiger partial charge in [-0.05, 0) is 31.2 Å². The highest BCUT2D eigenvalue weighted by Crippen LogP contribution is 2.27. The van der Waals surface area contributed by atoms with Crippen molar-refractivity contribution in [2.24, 2.45) is 5.92 Å². The molecule has 1 aliphatic heterocycles. The molecule has 2 heterocycles. The van der Waals surface area contributed by atoms with Gasteiger partial charge in [0, 0.05) is 63.7 Å². The van der Waals surface area contributed by atoms with Crippen LogP contribution < -0.4 is 10.1 Å². The predicted molar refractivity (Wildman–Crippen MR) is 133 cm³/mol. The number of methoxy groups -OCH3 is 1. The molecule has 3 amide bonds. The molecule has 9 heteroatoms. The van der Waals surface area contributed by atoms with Crippen LogP contribution in [0, 0.1) is 5.92 Å². The molecular formula is C26H34N4O5. The molecule has 35 heavy (non-hydrogen) atoms. The van der Waals surface area contributed by atoms with E-state index in [1.165, 1.54) is 0 Å². The predicted octanol–water partition coefficient (Wildman–Crippen LogP) is 3.08. The van der Waals surface area contributed by atoms with E-state index in [-0.39, 0.29) is 42.4 Å². The fourth-order valence-corrected chi connectivity index (χ4v) is 4.04. The second kappa shape index (κ2) is 11.8. The number of carbonyl (C=O) groups excluding carboxylic acids is 3. The van der Waals surface area contributed by atoms with Gasteiger partial charge in [-0.25, -0.2) is 0 Å². The van der Waals surface area contributed by atoms with Gasteiger partial charge in [-0.3, -0.25) is 19.4 Å². The van der Waals surface area contributed by atoms with E-state index in [1.54, 1.807) is 73.6 Å². The Morgan fingerprint density at radius 3 is 2.66 bits per heavy atom. The highest BCUT2D eigenvalue weighted by molar-refractivity contribution is 5.98. The minimum absolute atomic E-state index is 0.0520. The van der Waals surface area contributed by atoms with Crippen LogP contribution in [0.15, 0.2) is 42.7 Å². The molecule has 1 N–H and O–H groups in total. The maximum atomic E-state index is 13.4. The maximum absolute atomic E-state index is 13.4. The molecule has 188 valence electrons. The van der Waals surface area contributed by atoms with Gasteiger partial charge < -0.3 is 24.6 Å². The van der Waals surface area contributed by atoms with E-state index < -0.39 is 0 Å². The van der Waals surface area contributed by atoms with Gasteiger partial charge in [0.2, 0.25) is 5.91 Å². The van der Waals surface area contributed by atoms with Gasteiger partial charge in [0.1, 0.15) is 12.4 Å². The SMILES string of the molecule is CCC(=O)Nc1ccc2c(c1)OC[C@@H](C)N(C(=O)c1cccnc1)C[C@H](C)[C@H](OC)CN(C)C2=O. The molecule has 0 saturated heterocycles. The monoisotopic (exact) mass is 482 g/mol. The van der Waals surface area contributed by atoms with E-state index in [2.05, 4.69) is 10.3 Å². The van der Waals surface area contributed by atoms with Crippen LogP contribution in [0.2, 0.25) is 0 Å². The second-order valence-electron chi connectivity index (χ2n) is 8.91. The van der Waals surface area contributed by atoms with Crippen LogP contribution in [0.3, 0.4) is 0 Å². The summed E-state index contributed by atoms with van der Waals surface area (Å²) >= 11 is 0. The summed E-state index contributed by atoms with van der Waals surface area (Å²) in [5.74, 6) is -0.205. The molecule has 0 fully saturated rings. The van der Waals surface area contributed by atoms with Crippen molar-refractivity contribution in [3.63, 3.8) is 0 Å². The number of nitrogens with zero attached hydrogens (tertiary/aromatic N) is 3. The average molecular weight is 483 g/mol. The molecule has 9 nitrogen and oxygen atoms in total. The van der Waals surface area contributed by atoms with Crippen LogP contribution >= 0.6 is 0 Å². The summed E-state index contributed by atoms with van der Waals surface area (Å²) in [6, 6.07) is 8.15. The zero-order chi connectivity index (χ0) is 25.5. The number of rotatable bonds is 4. The second-order valence-corrected chi connectivity index (χ2v) is 8.91. The van der Waals surface area contributed by atoms with Gasteiger partial charge in [0.15, 0.2) is 0 Å². The number of benzene rings is 1. The molecule has 0 radical (unpaired) electrons. The number of fused-ring (bicyclic) bond motifs is 1. The first kappa shape index (κ1) is 26.2. The Morgan fingerprint density at radius 1 is 1.23 bits per heavy atom. The highest BCUT2D eigenvalue weighted by Gasteiger charge is 2.31. The Hall–Kier alpha value is -3.46. The van der Waals surface area contributed by atoms with Crippen LogP contribution in [0.4, 0.5) is 5.69 Å². The summed E-state index contributed by atoms with van der Waals surface area (Å²) < 4.78 is 11.8. The molecule has 1 aromatic heterocycles. The molecule has 0 bridgehead atoms. The van der Waals surface area contributed by atoms with Crippen molar-refractivity contribution in [1.82, 2.24) is 14.8 Å². The molecule has 1 aromatic carbocycles. The topological polar surface area (TPSA) is 101 Å². The first-order valence-corrected chi connectivity index (χ1v) is 11.8. The van der Waals surface area contributed by atoms with Crippen molar-refractivity contribution in [3.05, 3.63) is 53.9 Å². The Bertz CT molecular complexity index is 1050. The van der Waals surface area contributed by atoms with Gasteiger partial charge in [0.05, 0.1) is 23.3 Å². The lowest BCUT2D eigenvalue weighted by Gasteiger charge is -2.36. The molecule has 1 aliphatic rings. The number of amides is 3. The van der Waals surface area contributed by atoms with Crippen molar-refractivity contribution < 1.29 is 23.9 Å². The van der Waals surface area contributed by atoms with Crippen molar-refractivity contribution in [3.8, 4) is 5.75 Å². The Balaban J connectivity index is 1.99. The number of anilines is 1. The standard InChI is InChI=1S/C26H34N4O5/c1-6-24(31)28-20-9-10-21-22(12-20)35-16-18(3)30(25(32)19-8-7-11-27-13-19)14-17(2)23(34-5)15-29(4)26(21)33/h7-13,17-18,23H,6,14-16H2,1-5H3,(H,28,31)/t17-,18+,23+/m0/s1. The van der Waals surface area contributed by atoms with E-state index in [9.17, 15) is 14.4 Å². The van der Waals surface area contributed by atoms with Crippen molar-refractivity contribution in [1.29, 1.82) is 0 Å². The van der Waals surface area contributed by atoms with Gasteiger partial charge >= 0.3 is 0 Å². The molecule has 0 spiro atoms. The van der Waals surface area contributed by atoms with Crippen LogP contribution in [0.5, 0.6) is 5.75 Å². The average Bonchev–Trinajstić information content (AvgIpc) is 2.87. The minimum Gasteiger partial charge on any atom is -0.491 e. The van der Waals surface area contributed by atoms with Crippen LogP contribution in [0.1, 0.15) is 47.9 Å². The molecule has 0 aliphatic carbocycles. The fraction of sp³-hybridized carbons (Fsp3) is 0.462. The first-order valence-electron chi connectivity index (χ1n) is 11.8. The lowest BCUT2D eigenvalue weighted by molar-refractivity contribution is -0.115. The summed E-state index contributed by atoms with van der Waals surface area (Å²) in [5, 5.41) is 2.80. The van der Waals surface area contributed by atoms with Crippen LogP contribution in [0.25, 0.3) is 0 Å². The van der Waals surface area contributed by atoms with Crippen LogP contribution in [-0.2, 0) is 9.53 Å². The molecule has 0 unspecified atom stereocenters. The number of ether oxygens (including phenoxy) is 2. The highest BCUT2D eigenvalue weighted by atomic mass is 16.5. The maximum Gasteiger partial charge on any atom is 0.257 e. The zero-order valence-corrected chi connectivity index (χ0v) is 21.0. The van der Waals surface area contributed by atoms with Crippen molar-refractivity contribution >= 4 is 23.4 Å². The van der Waals surface area contributed by atoms with E-state index in [0.29, 0.717) is 42.1 Å². The smallest absolute Gasteiger partial charge is 0.257 e. The summed E-state index contributed by atoms with van der Waals surface area (Å²) in [6.07, 6.45) is 3.22. The number of pyridine rings is 1. The molecule has 0 saturated carbocycles. The summed E-state index contributed by atoms with van der Waals surface area (Å²) in [4.78, 5) is 46.0. The van der Waals surface area contributed by atoms with E-state index in [0.717, 1.165) is 0 Å². The van der Waals surface area contributed by atoms with Gasteiger partial charge in [-0.1, -0.05) is 13.8 Å². The Morgan fingerprint density at radius 2 is 2.00 bits per heavy atom. The van der Waals surface area contributed by atoms with Gasteiger partial charge in [-0.15, -0.1) is 0 Å². The number of aromatic nitrogens is 1. The summed E-state index contributed by atoms with van der Waals surface area (Å²) in [6.45, 7) is 6.59. The third kappa shape index (κ3) is 6.36. The van der Waals surface area contributed by atoms with Crippen LogP contribution in [-0.4, -0.2) is 78.5 Å². The number of hydrogen-bond donors (Lipinski definition) is 1. The zero-order valence-electron chi connectivity index (χ0n) is 21.0. The summed E-state index contributed by atoms with van der Waals surface area (Å²) in [5.41, 5.74) is 1.41. The first-order chi connectivity index (χ1) is 16.7. The van der Waals surface area contributed by atoms with Gasteiger partial charge in [-0.2, -0.15) is 0 Å². The minimum atomic E-state index is -0.309. The molecule has 3 rings (SSSR count). The molecule has 2 aromatic rings. The Labute approximate surface area is 206 Å². The largest absolute Gasteiger partial charge is 0.491 e. The van der Waals surface area contributed by atoms with E-state index >= 15 is 0 Å². The lowest BCUT2D eigenvalue weighted by atomic mass is 10.0. The molecular weight excluding hydrogens is 448 g/mol. The van der Waals surface area contributed by atoms with E-state index in [4.69, 9.17) is 9.47 Å². The molecule has 3 atom stereocenters. The van der Waals surface area contributed by atoms with Crippen molar-refractivity contribution in [2.45, 2.75) is 39.3 Å². The number of carbonyl (C=O) groups is 3. The van der Waals surface area contributed by atoms with Gasteiger partial charge in [0.25, 0.3) is 11.8 Å². The number of nitrogens with one attached hydrogen (secondary N) is 1. The third-order valence-corrected chi connectivity index (χ3v) is 6.22. The summed E-state index contributed by atoms with van der Waals surface area (Å²) in [7, 11) is 3.33. The third-order valence-electron chi connectivity index (χ3n) is 6.22. The lowest BCUT2D eigenvalue weighted by Crippen LogP contribution is -2.48. The quantitative estimate of drug-likeness (QED) is 0.719. The number of hydrogen-bond acceptors (Lipinski definition) is 6. The normalized spacial score (nSPS) is 21.3. The van der Waals surface area contributed by atoms with Crippen molar-refractivity contribution in [2.75, 3.05) is 39.2 Å². The fourth-order valence-electron chi connectivity index (χ4n) is 4.04. The Kier molecular flexibility index (Phi) is 8.81. The van der Waals surface area contributed by atoms with E-state index in [1.807, 2.05) is 13.8 Å².